The van der Waals surface area contributed by atoms with Crippen LogP contribution in [0.15, 0.2) is 47.6 Å². The van der Waals surface area contributed by atoms with E-state index in [4.69, 9.17) is 0 Å². The number of hydrogen-bond acceptors (Lipinski definition) is 5. The summed E-state index contributed by atoms with van der Waals surface area (Å²) in [4.78, 5) is 26.5. The number of nitrogens with zero attached hydrogens (tertiary/aromatic N) is 2. The molecule has 2 aromatic rings. The van der Waals surface area contributed by atoms with Crippen LogP contribution in [0, 0.1) is 10.1 Å². The highest BCUT2D eigenvalue weighted by Gasteiger charge is 2.19. The molecule has 6 nitrogen and oxygen atoms in total. The van der Waals surface area contributed by atoms with Crippen LogP contribution < -0.4 is 5.32 Å². The van der Waals surface area contributed by atoms with Crippen LogP contribution in [0.1, 0.15) is 10.4 Å². The number of carbonyl (C=O) groups excluding carboxylic acids is 1. The third-order valence-electron chi connectivity index (χ3n) is 2.55. The standard InChI is InChI=1S/C13H11N3O3S/c1-20-12-7-6-9(8-14-12)15-13(17)10-4-2-3-5-11(10)16(18)19/h2-8H,1H3,(H,15,17). The van der Waals surface area contributed by atoms with E-state index in [1.165, 1.54) is 36.2 Å². The SMILES string of the molecule is CSc1ccc(NC(=O)c2ccccc2[N+](=O)[O-])cn1. The molecule has 0 spiro atoms. The van der Waals surface area contributed by atoms with Crippen LogP contribution in [-0.4, -0.2) is 22.1 Å². The predicted molar refractivity (Wildman–Crippen MR) is 77.1 cm³/mol. The molecule has 0 aliphatic rings. The van der Waals surface area contributed by atoms with Crippen molar-refractivity contribution in [1.82, 2.24) is 4.98 Å². The molecule has 1 amide bonds. The minimum Gasteiger partial charge on any atom is -0.320 e. The van der Waals surface area contributed by atoms with E-state index in [-0.39, 0.29) is 11.3 Å². The molecule has 7 heteroatoms. The lowest BCUT2D eigenvalue weighted by atomic mass is 10.1. The number of aromatic nitrogens is 1. The quantitative estimate of drug-likeness (QED) is 0.531. The van der Waals surface area contributed by atoms with Crippen LogP contribution in [-0.2, 0) is 0 Å². The van der Waals surface area contributed by atoms with Gasteiger partial charge >= 0.3 is 0 Å². The second-order valence-electron chi connectivity index (χ2n) is 3.82. The summed E-state index contributed by atoms with van der Waals surface area (Å²) >= 11 is 1.49. The van der Waals surface area contributed by atoms with Crippen molar-refractivity contribution >= 4 is 29.0 Å². The summed E-state index contributed by atoms with van der Waals surface area (Å²) in [5, 5.41) is 14.3. The number of thioether (sulfide) groups is 1. The van der Waals surface area contributed by atoms with E-state index >= 15 is 0 Å². The number of amides is 1. The van der Waals surface area contributed by atoms with Gasteiger partial charge in [-0.1, -0.05) is 12.1 Å². The molecular weight excluding hydrogens is 278 g/mol. The first-order valence-electron chi connectivity index (χ1n) is 5.66. The smallest absolute Gasteiger partial charge is 0.282 e. The van der Waals surface area contributed by atoms with E-state index in [2.05, 4.69) is 10.3 Å². The summed E-state index contributed by atoms with van der Waals surface area (Å²) in [6.45, 7) is 0. The lowest BCUT2D eigenvalue weighted by molar-refractivity contribution is -0.385. The largest absolute Gasteiger partial charge is 0.320 e. The number of carbonyl (C=O) groups is 1. The van der Waals surface area contributed by atoms with Gasteiger partial charge in [-0.05, 0) is 24.5 Å². The van der Waals surface area contributed by atoms with E-state index in [1.54, 1.807) is 18.2 Å². The third kappa shape index (κ3) is 3.12. The molecule has 0 radical (unpaired) electrons. The topological polar surface area (TPSA) is 85.1 Å². The number of benzene rings is 1. The van der Waals surface area contributed by atoms with Gasteiger partial charge in [0.15, 0.2) is 0 Å². The molecular formula is C13H11N3O3S. The molecule has 0 saturated heterocycles. The molecule has 20 heavy (non-hydrogen) atoms. The average Bonchev–Trinajstić information content (AvgIpc) is 2.48. The average molecular weight is 289 g/mol. The second-order valence-corrected chi connectivity index (χ2v) is 4.64. The van der Waals surface area contributed by atoms with Crippen molar-refractivity contribution in [2.45, 2.75) is 5.03 Å². The molecule has 1 aromatic carbocycles. The van der Waals surface area contributed by atoms with E-state index in [9.17, 15) is 14.9 Å². The highest BCUT2D eigenvalue weighted by atomic mass is 32.2. The highest BCUT2D eigenvalue weighted by molar-refractivity contribution is 7.98. The van der Waals surface area contributed by atoms with Crippen molar-refractivity contribution in [3.63, 3.8) is 0 Å². The molecule has 2 rings (SSSR count). The normalized spacial score (nSPS) is 10.1. The molecule has 0 aliphatic carbocycles. The van der Waals surface area contributed by atoms with Gasteiger partial charge in [-0.25, -0.2) is 4.98 Å². The van der Waals surface area contributed by atoms with Gasteiger partial charge in [0.05, 0.1) is 21.8 Å². The summed E-state index contributed by atoms with van der Waals surface area (Å²) in [5.74, 6) is -0.531. The summed E-state index contributed by atoms with van der Waals surface area (Å²) < 4.78 is 0. The minimum atomic E-state index is -0.579. The third-order valence-corrected chi connectivity index (χ3v) is 3.21. The molecule has 1 aromatic heterocycles. The number of nitrogens with one attached hydrogen (secondary N) is 1. The Morgan fingerprint density at radius 1 is 1.30 bits per heavy atom. The summed E-state index contributed by atoms with van der Waals surface area (Å²) in [7, 11) is 0. The zero-order valence-electron chi connectivity index (χ0n) is 10.6. The Hall–Kier alpha value is -2.41. The maximum atomic E-state index is 12.0. The second kappa shape index (κ2) is 6.16. The number of para-hydroxylation sites is 1. The first kappa shape index (κ1) is 14.0. The zero-order chi connectivity index (χ0) is 14.5. The molecule has 1 heterocycles. The van der Waals surface area contributed by atoms with Gasteiger partial charge < -0.3 is 5.32 Å². The van der Waals surface area contributed by atoms with Gasteiger partial charge in [0.25, 0.3) is 11.6 Å². The zero-order valence-corrected chi connectivity index (χ0v) is 11.4. The molecule has 1 N–H and O–H groups in total. The molecule has 0 bridgehead atoms. The summed E-state index contributed by atoms with van der Waals surface area (Å²) in [6, 6.07) is 9.27. The predicted octanol–water partition coefficient (Wildman–Crippen LogP) is 2.96. The molecule has 0 unspecified atom stereocenters. The molecule has 102 valence electrons. The van der Waals surface area contributed by atoms with Gasteiger partial charge in [0.1, 0.15) is 5.56 Å². The molecule has 0 aliphatic heterocycles. The number of anilines is 1. The van der Waals surface area contributed by atoms with Crippen LogP contribution >= 0.6 is 11.8 Å². The first-order valence-corrected chi connectivity index (χ1v) is 6.89. The summed E-state index contributed by atoms with van der Waals surface area (Å²) in [5.41, 5.74) is 0.288. The van der Waals surface area contributed by atoms with E-state index in [0.717, 1.165) is 5.03 Å². The molecule has 0 fully saturated rings. The highest BCUT2D eigenvalue weighted by Crippen LogP contribution is 2.20. The number of nitro groups is 1. The van der Waals surface area contributed by atoms with Gasteiger partial charge in [-0.3, -0.25) is 14.9 Å². The number of hydrogen-bond donors (Lipinski definition) is 1. The van der Waals surface area contributed by atoms with E-state index in [1.807, 2.05) is 6.26 Å². The maximum Gasteiger partial charge on any atom is 0.282 e. The van der Waals surface area contributed by atoms with Gasteiger partial charge in [-0.2, -0.15) is 0 Å². The monoisotopic (exact) mass is 289 g/mol. The first-order chi connectivity index (χ1) is 9.61. The fraction of sp³-hybridized carbons (Fsp3) is 0.0769. The van der Waals surface area contributed by atoms with Crippen LogP contribution in [0.4, 0.5) is 11.4 Å². The van der Waals surface area contributed by atoms with Crippen molar-refractivity contribution in [2.24, 2.45) is 0 Å². The van der Waals surface area contributed by atoms with Crippen LogP contribution in [0.25, 0.3) is 0 Å². The van der Waals surface area contributed by atoms with Gasteiger partial charge in [-0.15, -0.1) is 11.8 Å². The van der Waals surface area contributed by atoms with Gasteiger partial charge in [0.2, 0.25) is 0 Å². The van der Waals surface area contributed by atoms with Crippen molar-refractivity contribution in [1.29, 1.82) is 0 Å². The van der Waals surface area contributed by atoms with Crippen LogP contribution in [0.5, 0.6) is 0 Å². The Balaban J connectivity index is 2.21. The van der Waals surface area contributed by atoms with Crippen LogP contribution in [0.2, 0.25) is 0 Å². The van der Waals surface area contributed by atoms with Crippen molar-refractivity contribution in [3.05, 3.63) is 58.3 Å². The maximum absolute atomic E-state index is 12.0. The molecule has 0 saturated carbocycles. The van der Waals surface area contributed by atoms with Crippen LogP contribution in [0.3, 0.4) is 0 Å². The Morgan fingerprint density at radius 3 is 2.65 bits per heavy atom. The minimum absolute atomic E-state index is 0.0199. The Bertz CT molecular complexity index is 644. The van der Waals surface area contributed by atoms with Crippen molar-refractivity contribution in [3.8, 4) is 0 Å². The number of pyridine rings is 1. The number of nitro benzene ring substituents is 1. The fourth-order valence-electron chi connectivity index (χ4n) is 1.60. The lowest BCUT2D eigenvalue weighted by Crippen LogP contribution is -2.14. The molecule has 0 atom stereocenters. The summed E-state index contributed by atoms with van der Waals surface area (Å²) in [6.07, 6.45) is 3.41. The Kier molecular flexibility index (Phi) is 4.31. The number of rotatable bonds is 4. The Labute approximate surface area is 119 Å². The Morgan fingerprint density at radius 2 is 2.05 bits per heavy atom. The van der Waals surface area contributed by atoms with Gasteiger partial charge in [0, 0.05) is 6.07 Å². The lowest BCUT2D eigenvalue weighted by Gasteiger charge is -2.05. The van der Waals surface area contributed by atoms with E-state index in [0.29, 0.717) is 5.69 Å². The fourth-order valence-corrected chi connectivity index (χ4v) is 1.96. The van der Waals surface area contributed by atoms with Crippen molar-refractivity contribution < 1.29 is 9.72 Å². The van der Waals surface area contributed by atoms with E-state index < -0.39 is 10.8 Å². The van der Waals surface area contributed by atoms with Crippen molar-refractivity contribution in [2.75, 3.05) is 11.6 Å².